The fourth-order valence-corrected chi connectivity index (χ4v) is 2.16. The number of carboxylic acid groups (broad SMARTS) is 1. The summed E-state index contributed by atoms with van der Waals surface area (Å²) >= 11 is 0. The number of nitrogens with one attached hydrogen (secondary N) is 2. The maximum Gasteiger partial charge on any atom is 0.407 e. The first-order valence-electron chi connectivity index (χ1n) is 6.78. The Morgan fingerprint density at radius 1 is 1.48 bits per heavy atom. The number of carboxylic acids is 1. The minimum Gasteiger partial charge on any atom is -0.481 e. The van der Waals surface area contributed by atoms with E-state index in [4.69, 9.17) is 11.2 Å². The van der Waals surface area contributed by atoms with Gasteiger partial charge in [-0.25, -0.2) is 9.59 Å². The minimum atomic E-state index is -1.15. The molecule has 1 unspecified atom stereocenters. The van der Waals surface area contributed by atoms with Gasteiger partial charge in [-0.2, -0.15) is 0 Å². The number of aromatic amines is 1. The average molecular weight is 316 g/mol. The van der Waals surface area contributed by atoms with E-state index < -0.39 is 18.1 Å². The van der Waals surface area contributed by atoms with Crippen LogP contribution in [0.25, 0.3) is 10.9 Å². The zero-order valence-corrected chi connectivity index (χ0v) is 12.5. The van der Waals surface area contributed by atoms with E-state index in [0.717, 1.165) is 16.5 Å². The molecule has 0 fully saturated rings. The van der Waals surface area contributed by atoms with Crippen LogP contribution in [0.2, 0.25) is 0 Å². The minimum absolute atomic E-state index is 0.100. The van der Waals surface area contributed by atoms with E-state index in [9.17, 15) is 14.7 Å². The van der Waals surface area contributed by atoms with E-state index in [0.29, 0.717) is 5.75 Å². The van der Waals surface area contributed by atoms with Gasteiger partial charge in [0.25, 0.3) is 0 Å². The van der Waals surface area contributed by atoms with Crippen LogP contribution in [-0.2, 0) is 16.0 Å². The first kappa shape index (κ1) is 16.2. The lowest BCUT2D eigenvalue weighted by Gasteiger charge is -2.13. The number of carbonyl (C=O) groups is 2. The molecule has 23 heavy (non-hydrogen) atoms. The number of rotatable bonds is 6. The van der Waals surface area contributed by atoms with E-state index in [1.807, 2.05) is 6.07 Å². The molecule has 7 heteroatoms. The van der Waals surface area contributed by atoms with Gasteiger partial charge in [0, 0.05) is 23.5 Å². The Labute approximate surface area is 132 Å². The third-order valence-electron chi connectivity index (χ3n) is 3.26. The van der Waals surface area contributed by atoms with Crippen LogP contribution in [0.1, 0.15) is 5.56 Å². The summed E-state index contributed by atoms with van der Waals surface area (Å²) < 4.78 is 9.81. The van der Waals surface area contributed by atoms with E-state index in [1.54, 1.807) is 18.3 Å². The third kappa shape index (κ3) is 3.95. The van der Waals surface area contributed by atoms with Crippen molar-refractivity contribution in [2.24, 2.45) is 0 Å². The molecule has 0 radical (unpaired) electrons. The summed E-state index contributed by atoms with van der Waals surface area (Å²) in [5.74, 6) is 1.82. The highest BCUT2D eigenvalue weighted by atomic mass is 16.5. The van der Waals surface area contributed by atoms with Crippen molar-refractivity contribution in [1.29, 1.82) is 0 Å². The van der Waals surface area contributed by atoms with E-state index in [2.05, 4.69) is 21.0 Å². The number of aliphatic carboxylic acids is 1. The highest BCUT2D eigenvalue weighted by molar-refractivity contribution is 5.86. The van der Waals surface area contributed by atoms with Crippen LogP contribution in [0.5, 0.6) is 5.75 Å². The predicted molar refractivity (Wildman–Crippen MR) is 83.3 cm³/mol. The van der Waals surface area contributed by atoms with Crippen LogP contribution in [0, 0.1) is 12.3 Å². The lowest BCUT2D eigenvalue weighted by Crippen LogP contribution is -2.42. The normalized spacial score (nSPS) is 11.5. The van der Waals surface area contributed by atoms with Crippen molar-refractivity contribution in [3.63, 3.8) is 0 Å². The number of fused-ring (bicyclic) bond motifs is 1. The molecule has 1 aromatic heterocycles. The van der Waals surface area contributed by atoms with Crippen LogP contribution in [-0.4, -0.2) is 41.9 Å². The summed E-state index contributed by atoms with van der Waals surface area (Å²) in [6.45, 7) is 0.146. The Hall–Kier alpha value is -3.14. The number of H-pyrrole nitrogens is 1. The molecular weight excluding hydrogens is 300 g/mol. The van der Waals surface area contributed by atoms with Crippen LogP contribution < -0.4 is 10.1 Å². The van der Waals surface area contributed by atoms with Gasteiger partial charge in [0.1, 0.15) is 18.4 Å². The van der Waals surface area contributed by atoms with Gasteiger partial charge in [-0.3, -0.25) is 0 Å². The van der Waals surface area contributed by atoms with Crippen molar-refractivity contribution in [1.82, 2.24) is 10.3 Å². The van der Waals surface area contributed by atoms with E-state index in [-0.39, 0.29) is 13.0 Å². The van der Waals surface area contributed by atoms with E-state index in [1.165, 1.54) is 7.11 Å². The number of hydrogen-bond acceptors (Lipinski definition) is 4. The Morgan fingerprint density at radius 2 is 2.26 bits per heavy atom. The molecule has 0 aliphatic rings. The number of benzene rings is 1. The highest BCUT2D eigenvalue weighted by Crippen LogP contribution is 2.24. The van der Waals surface area contributed by atoms with Crippen molar-refractivity contribution in [3.05, 3.63) is 30.0 Å². The van der Waals surface area contributed by atoms with Gasteiger partial charge < -0.3 is 24.9 Å². The fourth-order valence-electron chi connectivity index (χ4n) is 2.16. The molecule has 0 aliphatic heterocycles. The summed E-state index contributed by atoms with van der Waals surface area (Å²) in [7, 11) is 1.18. The number of amides is 1. The number of terminal acetylenes is 1. The topological polar surface area (TPSA) is 101 Å². The number of alkyl carbamates (subject to hydrolysis) is 1. The molecule has 7 nitrogen and oxygen atoms in total. The Kier molecular flexibility index (Phi) is 5.10. The van der Waals surface area contributed by atoms with Crippen molar-refractivity contribution >= 4 is 23.0 Å². The number of carbonyl (C=O) groups excluding carboxylic acids is 1. The van der Waals surface area contributed by atoms with Crippen LogP contribution >= 0.6 is 0 Å². The molecule has 1 heterocycles. The van der Waals surface area contributed by atoms with Crippen LogP contribution in [0.15, 0.2) is 24.4 Å². The van der Waals surface area contributed by atoms with Crippen molar-refractivity contribution in [2.45, 2.75) is 12.5 Å². The molecule has 1 amide bonds. The number of aromatic nitrogens is 1. The zero-order valence-electron chi connectivity index (χ0n) is 12.5. The second-order valence-corrected chi connectivity index (χ2v) is 4.74. The summed E-state index contributed by atoms with van der Waals surface area (Å²) in [5, 5.41) is 12.3. The smallest absolute Gasteiger partial charge is 0.407 e. The maximum atomic E-state index is 11.3. The Bertz CT molecular complexity index is 759. The molecule has 3 N–H and O–H groups in total. The molecule has 0 spiro atoms. The second kappa shape index (κ2) is 7.22. The quantitative estimate of drug-likeness (QED) is 0.702. The van der Waals surface area contributed by atoms with Gasteiger partial charge in [-0.05, 0) is 23.8 Å². The van der Waals surface area contributed by atoms with Gasteiger partial charge in [-0.15, -0.1) is 6.42 Å². The Balaban J connectivity index is 2.25. The monoisotopic (exact) mass is 316 g/mol. The average Bonchev–Trinajstić information content (AvgIpc) is 2.94. The number of hydrogen-bond donors (Lipinski definition) is 3. The SMILES string of the molecule is C#CCOc1ccc2[nH]cc(CC(NC(=O)OC)C(=O)O)c2c1. The molecule has 0 bridgehead atoms. The molecule has 2 aromatic rings. The first-order valence-corrected chi connectivity index (χ1v) is 6.78. The number of ether oxygens (including phenoxy) is 2. The van der Waals surface area contributed by atoms with Crippen molar-refractivity contribution in [3.8, 4) is 18.1 Å². The van der Waals surface area contributed by atoms with Gasteiger partial charge in [0.05, 0.1) is 7.11 Å². The molecule has 0 saturated heterocycles. The first-order chi connectivity index (χ1) is 11.0. The molecule has 2 rings (SSSR count). The highest BCUT2D eigenvalue weighted by Gasteiger charge is 2.22. The molecule has 0 aliphatic carbocycles. The molecule has 1 atom stereocenters. The fraction of sp³-hybridized carbons (Fsp3) is 0.250. The molecule has 0 saturated carbocycles. The molecular formula is C16H16N2O5. The van der Waals surface area contributed by atoms with Gasteiger partial charge in [0.15, 0.2) is 0 Å². The summed E-state index contributed by atoms with van der Waals surface area (Å²) in [5.41, 5.74) is 1.56. The molecule has 1 aromatic carbocycles. The van der Waals surface area contributed by atoms with Gasteiger partial charge in [0.2, 0.25) is 0 Å². The van der Waals surface area contributed by atoms with Crippen molar-refractivity contribution in [2.75, 3.05) is 13.7 Å². The van der Waals surface area contributed by atoms with Gasteiger partial charge in [-0.1, -0.05) is 5.92 Å². The lowest BCUT2D eigenvalue weighted by atomic mass is 10.0. The zero-order chi connectivity index (χ0) is 16.8. The second-order valence-electron chi connectivity index (χ2n) is 4.74. The Morgan fingerprint density at radius 3 is 2.91 bits per heavy atom. The summed E-state index contributed by atoms with van der Waals surface area (Å²) in [6, 6.07) is 4.25. The largest absolute Gasteiger partial charge is 0.481 e. The standard InChI is InChI=1S/C16H16N2O5/c1-3-6-23-11-4-5-13-12(8-11)10(9-17-13)7-14(15(19)20)18-16(21)22-2/h1,4-5,8-9,14,17H,6-7H2,2H3,(H,18,21)(H,19,20). The predicted octanol–water partition coefficient (Wildman–Crippen LogP) is 1.53. The summed E-state index contributed by atoms with van der Waals surface area (Å²) in [6.07, 6.45) is 6.16. The lowest BCUT2D eigenvalue weighted by molar-refractivity contribution is -0.139. The van der Waals surface area contributed by atoms with E-state index >= 15 is 0 Å². The van der Waals surface area contributed by atoms with Gasteiger partial charge >= 0.3 is 12.1 Å². The summed E-state index contributed by atoms with van der Waals surface area (Å²) in [4.78, 5) is 25.6. The third-order valence-corrected chi connectivity index (χ3v) is 3.26. The maximum absolute atomic E-state index is 11.3. The van der Waals surface area contributed by atoms with Crippen LogP contribution in [0.3, 0.4) is 0 Å². The number of methoxy groups -OCH3 is 1. The van der Waals surface area contributed by atoms with Crippen LogP contribution in [0.4, 0.5) is 4.79 Å². The molecule has 120 valence electrons. The van der Waals surface area contributed by atoms with Crippen molar-refractivity contribution < 1.29 is 24.2 Å².